The van der Waals surface area contributed by atoms with E-state index in [1.807, 2.05) is 18.2 Å². The van der Waals surface area contributed by atoms with Crippen molar-refractivity contribution >= 4 is 35.6 Å². The zero-order valence-corrected chi connectivity index (χ0v) is 11.9. The Bertz CT molecular complexity index is 300. The fraction of sp³-hybridized carbons (Fsp3) is 0.500. The first-order valence-corrected chi connectivity index (χ1v) is 6.25. The second-order valence-electron chi connectivity index (χ2n) is 3.66. The summed E-state index contributed by atoms with van der Waals surface area (Å²) in [7, 11) is 0. The van der Waals surface area contributed by atoms with Crippen LogP contribution in [-0.2, 0) is 6.54 Å². The molecule has 0 spiro atoms. The third-order valence-corrected chi connectivity index (χ3v) is 3.08. The van der Waals surface area contributed by atoms with Crippen LogP contribution < -0.4 is 5.32 Å². The van der Waals surface area contributed by atoms with Gasteiger partial charge in [0.25, 0.3) is 0 Å². The van der Waals surface area contributed by atoms with E-state index in [1.165, 1.54) is 0 Å². The van der Waals surface area contributed by atoms with Crippen molar-refractivity contribution in [2.24, 2.45) is 0 Å². The van der Waals surface area contributed by atoms with Gasteiger partial charge in [-0.2, -0.15) is 0 Å². The highest BCUT2D eigenvalue weighted by Gasteiger charge is 2.03. The van der Waals surface area contributed by atoms with Crippen LogP contribution in [0, 0.1) is 0 Å². The van der Waals surface area contributed by atoms with Crippen LogP contribution in [0.5, 0.6) is 0 Å². The van der Waals surface area contributed by atoms with Crippen molar-refractivity contribution in [2.45, 2.75) is 25.8 Å². The molecule has 0 saturated carbocycles. The summed E-state index contributed by atoms with van der Waals surface area (Å²) < 4.78 is 0. The molecule has 0 atom stereocenters. The summed E-state index contributed by atoms with van der Waals surface area (Å²) in [5.74, 6) is 0. The number of aliphatic hydroxyl groups excluding tert-OH is 1. The van der Waals surface area contributed by atoms with Gasteiger partial charge in [-0.3, -0.25) is 0 Å². The van der Waals surface area contributed by atoms with Crippen molar-refractivity contribution in [1.29, 1.82) is 0 Å². The predicted molar refractivity (Wildman–Crippen MR) is 76.4 cm³/mol. The Hall–Kier alpha value is 0.01000. The Morgan fingerprint density at radius 3 is 2.29 bits per heavy atom. The van der Waals surface area contributed by atoms with Gasteiger partial charge in [0.15, 0.2) is 0 Å². The summed E-state index contributed by atoms with van der Waals surface area (Å²) in [5, 5.41) is 13.3. The summed E-state index contributed by atoms with van der Waals surface area (Å²) in [6.45, 7) is 1.88. The molecule has 17 heavy (non-hydrogen) atoms. The van der Waals surface area contributed by atoms with E-state index in [0.29, 0.717) is 16.6 Å². The Kier molecular flexibility index (Phi) is 9.99. The van der Waals surface area contributed by atoms with Gasteiger partial charge in [-0.25, -0.2) is 0 Å². The molecule has 2 nitrogen and oxygen atoms in total. The average molecular weight is 299 g/mol. The number of nitrogens with one attached hydrogen (secondary N) is 1. The van der Waals surface area contributed by atoms with Crippen molar-refractivity contribution in [2.75, 3.05) is 13.2 Å². The molecule has 0 saturated heterocycles. The quantitative estimate of drug-likeness (QED) is 0.753. The summed E-state index contributed by atoms with van der Waals surface area (Å²) in [4.78, 5) is 0. The van der Waals surface area contributed by atoms with E-state index in [0.717, 1.165) is 31.4 Å². The number of hydrogen-bond donors (Lipinski definition) is 2. The molecule has 0 bridgehead atoms. The lowest BCUT2D eigenvalue weighted by Gasteiger charge is -2.08. The SMILES string of the molecule is Cl.OCCCCCNCc1c(Cl)cccc1Cl. The Morgan fingerprint density at radius 1 is 1.06 bits per heavy atom. The summed E-state index contributed by atoms with van der Waals surface area (Å²) in [6.07, 6.45) is 2.97. The zero-order chi connectivity index (χ0) is 11.8. The molecule has 0 radical (unpaired) electrons. The maximum absolute atomic E-state index is 8.62. The monoisotopic (exact) mass is 297 g/mol. The van der Waals surface area contributed by atoms with Gasteiger partial charge in [-0.1, -0.05) is 29.3 Å². The molecule has 0 fully saturated rings. The highest BCUT2D eigenvalue weighted by Crippen LogP contribution is 2.23. The number of aliphatic hydroxyl groups is 1. The third-order valence-electron chi connectivity index (χ3n) is 2.38. The maximum atomic E-state index is 8.62. The maximum Gasteiger partial charge on any atom is 0.0465 e. The van der Waals surface area contributed by atoms with Crippen LogP contribution in [-0.4, -0.2) is 18.3 Å². The molecule has 1 rings (SSSR count). The lowest BCUT2D eigenvalue weighted by atomic mass is 10.2. The smallest absolute Gasteiger partial charge is 0.0465 e. The number of unbranched alkanes of at least 4 members (excludes halogenated alkanes) is 2. The van der Waals surface area contributed by atoms with Gasteiger partial charge in [-0.05, 0) is 37.9 Å². The second kappa shape index (κ2) is 9.98. The molecular formula is C12H18Cl3NO. The molecular weight excluding hydrogens is 280 g/mol. The van der Waals surface area contributed by atoms with E-state index in [2.05, 4.69) is 5.32 Å². The topological polar surface area (TPSA) is 32.3 Å². The van der Waals surface area contributed by atoms with Crippen LogP contribution >= 0.6 is 35.6 Å². The van der Waals surface area contributed by atoms with Crippen LogP contribution in [0.2, 0.25) is 10.0 Å². The molecule has 0 aliphatic heterocycles. The molecule has 0 unspecified atom stereocenters. The molecule has 1 aromatic carbocycles. The molecule has 98 valence electrons. The summed E-state index contributed by atoms with van der Waals surface area (Å²) in [5.41, 5.74) is 0.952. The molecule has 2 N–H and O–H groups in total. The normalized spacial score (nSPS) is 10.1. The van der Waals surface area contributed by atoms with Crippen molar-refractivity contribution in [3.05, 3.63) is 33.8 Å². The summed E-state index contributed by atoms with van der Waals surface area (Å²) >= 11 is 12.1. The van der Waals surface area contributed by atoms with Gasteiger partial charge in [0, 0.05) is 28.8 Å². The molecule has 0 aliphatic rings. The van der Waals surface area contributed by atoms with Crippen molar-refractivity contribution in [3.8, 4) is 0 Å². The fourth-order valence-corrected chi connectivity index (χ4v) is 1.98. The number of rotatable bonds is 7. The molecule has 0 heterocycles. The van der Waals surface area contributed by atoms with Gasteiger partial charge in [0.1, 0.15) is 0 Å². The Labute approximate surface area is 119 Å². The van der Waals surface area contributed by atoms with Gasteiger partial charge in [-0.15, -0.1) is 12.4 Å². The van der Waals surface area contributed by atoms with Gasteiger partial charge in [0.2, 0.25) is 0 Å². The lowest BCUT2D eigenvalue weighted by Crippen LogP contribution is -2.15. The lowest BCUT2D eigenvalue weighted by molar-refractivity contribution is 0.283. The van der Waals surface area contributed by atoms with Crippen molar-refractivity contribution in [3.63, 3.8) is 0 Å². The second-order valence-corrected chi connectivity index (χ2v) is 4.48. The van der Waals surface area contributed by atoms with Crippen molar-refractivity contribution < 1.29 is 5.11 Å². The standard InChI is InChI=1S/C12H17Cl2NO.ClH/c13-11-5-4-6-12(14)10(11)9-15-7-2-1-3-8-16;/h4-6,15-16H,1-3,7-9H2;1H. The van der Waals surface area contributed by atoms with Crippen molar-refractivity contribution in [1.82, 2.24) is 5.32 Å². The summed E-state index contributed by atoms with van der Waals surface area (Å²) in [6, 6.07) is 5.53. The molecule has 1 aromatic rings. The highest BCUT2D eigenvalue weighted by molar-refractivity contribution is 6.35. The van der Waals surface area contributed by atoms with E-state index < -0.39 is 0 Å². The largest absolute Gasteiger partial charge is 0.396 e. The highest BCUT2D eigenvalue weighted by atomic mass is 35.5. The molecule has 0 aromatic heterocycles. The van der Waals surface area contributed by atoms with Crippen LogP contribution in [0.4, 0.5) is 0 Å². The first-order valence-electron chi connectivity index (χ1n) is 5.50. The number of hydrogen-bond acceptors (Lipinski definition) is 2. The van der Waals surface area contributed by atoms with Gasteiger partial charge in [0.05, 0.1) is 0 Å². The van der Waals surface area contributed by atoms with E-state index >= 15 is 0 Å². The predicted octanol–water partition coefficient (Wildman–Crippen LogP) is 3.67. The fourth-order valence-electron chi connectivity index (χ4n) is 1.45. The zero-order valence-electron chi connectivity index (χ0n) is 9.59. The minimum Gasteiger partial charge on any atom is -0.396 e. The van der Waals surface area contributed by atoms with Gasteiger partial charge >= 0.3 is 0 Å². The van der Waals surface area contributed by atoms with Crippen LogP contribution in [0.25, 0.3) is 0 Å². The minimum absolute atomic E-state index is 0. The number of halogens is 3. The average Bonchev–Trinajstić information content (AvgIpc) is 2.26. The number of benzene rings is 1. The van der Waals surface area contributed by atoms with Crippen LogP contribution in [0.3, 0.4) is 0 Å². The van der Waals surface area contributed by atoms with Crippen LogP contribution in [0.1, 0.15) is 24.8 Å². The van der Waals surface area contributed by atoms with E-state index in [4.69, 9.17) is 28.3 Å². The van der Waals surface area contributed by atoms with Gasteiger partial charge < -0.3 is 10.4 Å². The first kappa shape index (κ1) is 17.0. The third kappa shape index (κ3) is 6.49. The van der Waals surface area contributed by atoms with Crippen LogP contribution in [0.15, 0.2) is 18.2 Å². The minimum atomic E-state index is 0. The molecule has 5 heteroatoms. The first-order chi connectivity index (χ1) is 7.75. The Balaban J connectivity index is 0.00000256. The molecule has 0 amide bonds. The van der Waals surface area contributed by atoms with E-state index in [9.17, 15) is 0 Å². The van der Waals surface area contributed by atoms with E-state index in [-0.39, 0.29) is 19.0 Å². The van der Waals surface area contributed by atoms with E-state index in [1.54, 1.807) is 0 Å². The molecule has 0 aliphatic carbocycles. The Morgan fingerprint density at radius 2 is 1.71 bits per heavy atom.